The van der Waals surface area contributed by atoms with Crippen LogP contribution in [0.3, 0.4) is 0 Å². The minimum absolute atomic E-state index is 0.00548. The van der Waals surface area contributed by atoms with Crippen molar-refractivity contribution < 1.29 is 14.0 Å². The van der Waals surface area contributed by atoms with Gasteiger partial charge in [0.15, 0.2) is 5.16 Å². The summed E-state index contributed by atoms with van der Waals surface area (Å²) in [5, 5.41) is 0.682. The smallest absolute Gasteiger partial charge is 0.272 e. The maximum Gasteiger partial charge on any atom is 0.272 e. The molecule has 31 heavy (non-hydrogen) atoms. The molecule has 8 heteroatoms. The van der Waals surface area contributed by atoms with Gasteiger partial charge in [0.1, 0.15) is 11.5 Å². The van der Waals surface area contributed by atoms with Crippen LogP contribution in [-0.2, 0) is 4.79 Å². The van der Waals surface area contributed by atoms with E-state index in [1.807, 2.05) is 16.1 Å². The average Bonchev–Trinajstić information content (AvgIpc) is 3.04. The standard InChI is InChI=1S/C23H29FN4O2S/c1-31-23-25-16-20(28(23)19-8-6-18(24)7-9-19)22(30)27-14-10-17(11-15-27)21(29)26-12-4-2-3-5-13-26/h6-9,16-17H,2-5,10-15H2,1H3. The molecular formula is C23H29FN4O2S. The van der Waals surface area contributed by atoms with E-state index < -0.39 is 0 Å². The summed E-state index contributed by atoms with van der Waals surface area (Å²) in [5.74, 6) is -0.155. The summed E-state index contributed by atoms with van der Waals surface area (Å²) in [4.78, 5) is 34.5. The van der Waals surface area contributed by atoms with Crippen molar-refractivity contribution in [2.45, 2.75) is 43.7 Å². The van der Waals surface area contributed by atoms with Crippen molar-refractivity contribution in [2.75, 3.05) is 32.4 Å². The van der Waals surface area contributed by atoms with Crippen LogP contribution in [0.5, 0.6) is 0 Å². The molecule has 4 rings (SSSR count). The van der Waals surface area contributed by atoms with Crippen molar-refractivity contribution in [1.29, 1.82) is 0 Å². The van der Waals surface area contributed by atoms with E-state index in [1.54, 1.807) is 22.9 Å². The normalized spacial score (nSPS) is 18.1. The summed E-state index contributed by atoms with van der Waals surface area (Å²) in [7, 11) is 0. The van der Waals surface area contributed by atoms with Crippen molar-refractivity contribution >= 4 is 23.6 Å². The lowest BCUT2D eigenvalue weighted by atomic mass is 9.95. The molecule has 2 aliphatic heterocycles. The van der Waals surface area contributed by atoms with Crippen molar-refractivity contribution in [1.82, 2.24) is 19.4 Å². The van der Waals surface area contributed by atoms with Crippen LogP contribution < -0.4 is 0 Å². The number of carbonyl (C=O) groups is 2. The number of hydrogen-bond donors (Lipinski definition) is 0. The third kappa shape index (κ3) is 4.79. The number of thioether (sulfide) groups is 1. The lowest BCUT2D eigenvalue weighted by Gasteiger charge is -2.34. The molecule has 0 unspecified atom stereocenters. The van der Waals surface area contributed by atoms with E-state index in [0.29, 0.717) is 42.5 Å². The first-order valence-electron chi connectivity index (χ1n) is 11.0. The fraction of sp³-hybridized carbons (Fsp3) is 0.522. The molecule has 0 N–H and O–H groups in total. The van der Waals surface area contributed by atoms with Gasteiger partial charge in [-0.1, -0.05) is 24.6 Å². The number of carbonyl (C=O) groups excluding carboxylic acids is 2. The van der Waals surface area contributed by atoms with E-state index >= 15 is 0 Å². The predicted molar refractivity (Wildman–Crippen MR) is 119 cm³/mol. The zero-order valence-corrected chi connectivity index (χ0v) is 18.7. The number of nitrogens with zero attached hydrogens (tertiary/aromatic N) is 4. The Morgan fingerprint density at radius 2 is 1.61 bits per heavy atom. The highest BCUT2D eigenvalue weighted by molar-refractivity contribution is 7.98. The Kier molecular flexibility index (Phi) is 6.95. The van der Waals surface area contributed by atoms with Gasteiger partial charge in [-0.15, -0.1) is 0 Å². The molecule has 166 valence electrons. The Morgan fingerprint density at radius 1 is 0.968 bits per heavy atom. The SMILES string of the molecule is CSc1ncc(C(=O)N2CCC(C(=O)N3CCCCCC3)CC2)n1-c1ccc(F)cc1. The summed E-state index contributed by atoms with van der Waals surface area (Å²) in [5.41, 5.74) is 1.17. The number of likely N-dealkylation sites (tertiary alicyclic amines) is 2. The van der Waals surface area contributed by atoms with Crippen LogP contribution in [0.2, 0.25) is 0 Å². The first-order valence-corrected chi connectivity index (χ1v) is 12.3. The van der Waals surface area contributed by atoms with E-state index in [9.17, 15) is 14.0 Å². The highest BCUT2D eigenvalue weighted by Crippen LogP contribution is 2.26. The predicted octanol–water partition coefficient (Wildman–Crippen LogP) is 3.99. The van der Waals surface area contributed by atoms with Gasteiger partial charge in [-0.2, -0.15) is 0 Å². The molecule has 0 bridgehead atoms. The maximum atomic E-state index is 13.4. The largest absolute Gasteiger partial charge is 0.342 e. The molecular weight excluding hydrogens is 415 g/mol. The second kappa shape index (κ2) is 9.85. The number of piperidine rings is 1. The van der Waals surface area contributed by atoms with E-state index in [1.165, 1.54) is 36.7 Å². The van der Waals surface area contributed by atoms with Gasteiger partial charge in [-0.25, -0.2) is 9.37 Å². The van der Waals surface area contributed by atoms with Crippen LogP contribution in [0.15, 0.2) is 35.6 Å². The topological polar surface area (TPSA) is 58.4 Å². The fourth-order valence-electron chi connectivity index (χ4n) is 4.51. The molecule has 3 heterocycles. The van der Waals surface area contributed by atoms with Crippen molar-refractivity contribution in [3.63, 3.8) is 0 Å². The Balaban J connectivity index is 1.45. The first-order chi connectivity index (χ1) is 15.1. The van der Waals surface area contributed by atoms with Crippen LogP contribution in [0.1, 0.15) is 49.0 Å². The third-order valence-corrected chi connectivity index (χ3v) is 6.92. The van der Waals surface area contributed by atoms with Gasteiger partial charge in [-0.3, -0.25) is 14.2 Å². The average molecular weight is 445 g/mol. The number of halogens is 1. The molecule has 0 radical (unpaired) electrons. The van der Waals surface area contributed by atoms with Gasteiger partial charge in [0.05, 0.1) is 6.20 Å². The fourth-order valence-corrected chi connectivity index (χ4v) is 5.05. The third-order valence-electron chi connectivity index (χ3n) is 6.27. The summed E-state index contributed by atoms with van der Waals surface area (Å²) < 4.78 is 15.2. The minimum atomic E-state index is -0.321. The Morgan fingerprint density at radius 3 is 2.23 bits per heavy atom. The molecule has 2 aliphatic rings. The lowest BCUT2D eigenvalue weighted by molar-refractivity contribution is -0.136. The van der Waals surface area contributed by atoms with Gasteiger partial charge in [0.2, 0.25) is 5.91 Å². The van der Waals surface area contributed by atoms with Crippen LogP contribution in [-0.4, -0.2) is 63.6 Å². The molecule has 6 nitrogen and oxygen atoms in total. The van der Waals surface area contributed by atoms with E-state index in [-0.39, 0.29) is 23.5 Å². The molecule has 0 saturated carbocycles. The van der Waals surface area contributed by atoms with Gasteiger partial charge in [-0.05, 0) is 56.2 Å². The second-order valence-electron chi connectivity index (χ2n) is 8.25. The number of rotatable bonds is 4. The molecule has 2 amide bonds. The quantitative estimate of drug-likeness (QED) is 0.669. The molecule has 1 aromatic heterocycles. The van der Waals surface area contributed by atoms with E-state index in [2.05, 4.69) is 4.98 Å². The summed E-state index contributed by atoms with van der Waals surface area (Å²) in [6.07, 6.45) is 9.47. The van der Waals surface area contributed by atoms with Crippen molar-refractivity contribution in [3.8, 4) is 5.69 Å². The molecule has 0 aliphatic carbocycles. The second-order valence-corrected chi connectivity index (χ2v) is 9.02. The maximum absolute atomic E-state index is 13.4. The molecule has 2 saturated heterocycles. The van der Waals surface area contributed by atoms with E-state index in [4.69, 9.17) is 0 Å². The zero-order valence-electron chi connectivity index (χ0n) is 17.9. The van der Waals surface area contributed by atoms with Crippen LogP contribution in [0.25, 0.3) is 5.69 Å². The zero-order chi connectivity index (χ0) is 21.8. The number of imidazole rings is 1. The Hall–Kier alpha value is -2.35. The molecule has 1 aromatic carbocycles. The molecule has 2 fully saturated rings. The highest BCUT2D eigenvalue weighted by atomic mass is 32.2. The van der Waals surface area contributed by atoms with Crippen LogP contribution in [0.4, 0.5) is 4.39 Å². The minimum Gasteiger partial charge on any atom is -0.342 e. The summed E-state index contributed by atoms with van der Waals surface area (Å²) in [6, 6.07) is 6.07. The van der Waals surface area contributed by atoms with Gasteiger partial charge in [0.25, 0.3) is 5.91 Å². The van der Waals surface area contributed by atoms with E-state index in [0.717, 1.165) is 25.9 Å². The Labute approximate surface area is 186 Å². The number of aromatic nitrogens is 2. The number of benzene rings is 1. The van der Waals surface area contributed by atoms with Crippen LogP contribution >= 0.6 is 11.8 Å². The lowest BCUT2D eigenvalue weighted by Crippen LogP contribution is -2.45. The highest BCUT2D eigenvalue weighted by Gasteiger charge is 2.32. The number of amides is 2. The van der Waals surface area contributed by atoms with Crippen LogP contribution in [0, 0.1) is 11.7 Å². The first kappa shape index (κ1) is 21.9. The Bertz CT molecular complexity index is 914. The van der Waals surface area contributed by atoms with Gasteiger partial charge in [0, 0.05) is 37.8 Å². The van der Waals surface area contributed by atoms with Crippen molar-refractivity contribution in [2.24, 2.45) is 5.92 Å². The van der Waals surface area contributed by atoms with Gasteiger partial charge >= 0.3 is 0 Å². The molecule has 0 atom stereocenters. The molecule has 0 spiro atoms. The monoisotopic (exact) mass is 444 g/mol. The van der Waals surface area contributed by atoms with Crippen molar-refractivity contribution in [3.05, 3.63) is 42.0 Å². The number of hydrogen-bond acceptors (Lipinski definition) is 4. The van der Waals surface area contributed by atoms with Gasteiger partial charge < -0.3 is 9.80 Å². The summed E-state index contributed by atoms with van der Waals surface area (Å²) in [6.45, 7) is 2.86. The molecule has 2 aromatic rings. The summed E-state index contributed by atoms with van der Waals surface area (Å²) >= 11 is 1.44.